The number of aromatic nitrogens is 2. The summed E-state index contributed by atoms with van der Waals surface area (Å²) in [5, 5.41) is 6.78. The molecule has 0 spiro atoms. The van der Waals surface area contributed by atoms with Crippen LogP contribution in [0.1, 0.15) is 18.5 Å². The van der Waals surface area contributed by atoms with Crippen molar-refractivity contribution in [2.24, 2.45) is 0 Å². The second kappa shape index (κ2) is 10.9. The van der Waals surface area contributed by atoms with E-state index < -0.39 is 0 Å². The molecule has 1 aromatic heterocycles. The Hall–Kier alpha value is -4.10. The monoisotopic (exact) mass is 486 g/mol. The molecule has 2 N–H and O–H groups in total. The van der Waals surface area contributed by atoms with Gasteiger partial charge in [0.05, 0.1) is 11.7 Å². The molecule has 8 heteroatoms. The molecular weight excluding hydrogens is 460 g/mol. The van der Waals surface area contributed by atoms with Crippen LogP contribution in [0.5, 0.6) is 0 Å². The smallest absolute Gasteiger partial charge is 0.332 e. The Balaban J connectivity index is 1.68. The molecule has 3 aromatic carbocycles. The van der Waals surface area contributed by atoms with Crippen molar-refractivity contribution >= 4 is 46.5 Å². The van der Waals surface area contributed by atoms with Gasteiger partial charge in [0.1, 0.15) is 5.82 Å². The highest BCUT2D eigenvalue weighted by atomic mass is 35.5. The normalized spacial score (nSPS) is 11.4. The topological polar surface area (TPSA) is 73.4 Å². The lowest BCUT2D eigenvalue weighted by molar-refractivity contribution is 0.259. The quantitative estimate of drug-likeness (QED) is 0.302. The maximum absolute atomic E-state index is 13.5. The van der Waals surface area contributed by atoms with E-state index >= 15 is 0 Å². The molecule has 0 bridgehead atoms. The fourth-order valence-corrected chi connectivity index (χ4v) is 3.76. The van der Waals surface area contributed by atoms with E-state index in [0.717, 1.165) is 11.3 Å². The summed E-state index contributed by atoms with van der Waals surface area (Å²) in [5.74, 6) is 0.848. The van der Waals surface area contributed by atoms with Crippen molar-refractivity contribution in [2.45, 2.75) is 13.0 Å². The number of rotatable bonds is 7. The summed E-state index contributed by atoms with van der Waals surface area (Å²) in [4.78, 5) is 26.1. The number of carbonyl (C=O) groups excluding carboxylic acids is 1. The van der Waals surface area contributed by atoms with E-state index in [-0.39, 0.29) is 12.1 Å². The van der Waals surface area contributed by atoms with Crippen LogP contribution in [0.4, 0.5) is 33.6 Å². The molecule has 2 amide bonds. The van der Waals surface area contributed by atoms with Gasteiger partial charge in [0.2, 0.25) is 5.95 Å². The summed E-state index contributed by atoms with van der Waals surface area (Å²) in [6, 6.07) is 26.1. The van der Waals surface area contributed by atoms with Gasteiger partial charge in [-0.25, -0.2) is 14.7 Å². The van der Waals surface area contributed by atoms with E-state index in [1.54, 1.807) is 36.5 Å². The fourth-order valence-electron chi connectivity index (χ4n) is 3.57. The van der Waals surface area contributed by atoms with Gasteiger partial charge in [0.25, 0.3) is 0 Å². The number of nitrogens with one attached hydrogen (secondary N) is 2. The Morgan fingerprint density at radius 1 is 0.914 bits per heavy atom. The third kappa shape index (κ3) is 6.07. The predicted octanol–water partition coefficient (Wildman–Crippen LogP) is 6.74. The van der Waals surface area contributed by atoms with Crippen molar-refractivity contribution in [3.63, 3.8) is 0 Å². The second-order valence-corrected chi connectivity index (χ2v) is 8.64. The van der Waals surface area contributed by atoms with Crippen LogP contribution in [-0.4, -0.2) is 30.1 Å². The van der Waals surface area contributed by atoms with Crippen LogP contribution in [0.2, 0.25) is 5.02 Å². The number of anilines is 5. The summed E-state index contributed by atoms with van der Waals surface area (Å²) in [6.07, 6.45) is 1.64. The zero-order valence-electron chi connectivity index (χ0n) is 19.8. The summed E-state index contributed by atoms with van der Waals surface area (Å²) in [5.41, 5.74) is 3.31. The van der Waals surface area contributed by atoms with Crippen molar-refractivity contribution in [2.75, 3.05) is 34.5 Å². The van der Waals surface area contributed by atoms with Crippen molar-refractivity contribution in [1.29, 1.82) is 0 Å². The number of hydrogen-bond donors (Lipinski definition) is 2. The van der Waals surface area contributed by atoms with Crippen LogP contribution in [0.25, 0.3) is 0 Å². The van der Waals surface area contributed by atoms with Crippen molar-refractivity contribution < 1.29 is 4.79 Å². The first-order valence-electron chi connectivity index (χ1n) is 11.2. The number of nitrogens with zero attached hydrogens (tertiary/aromatic N) is 4. The number of carbonyl (C=O) groups is 1. The molecule has 0 aliphatic rings. The summed E-state index contributed by atoms with van der Waals surface area (Å²) < 4.78 is 0. The van der Waals surface area contributed by atoms with Gasteiger partial charge in [0, 0.05) is 42.8 Å². The van der Waals surface area contributed by atoms with Gasteiger partial charge in [-0.1, -0.05) is 54.1 Å². The van der Waals surface area contributed by atoms with Crippen molar-refractivity contribution in [3.05, 3.63) is 102 Å². The van der Waals surface area contributed by atoms with Gasteiger partial charge >= 0.3 is 6.03 Å². The zero-order chi connectivity index (χ0) is 24.8. The largest absolute Gasteiger partial charge is 0.378 e. The number of amides is 2. The second-order valence-electron chi connectivity index (χ2n) is 8.21. The molecule has 7 nitrogen and oxygen atoms in total. The number of halogens is 1. The Labute approximate surface area is 210 Å². The average Bonchev–Trinajstić information content (AvgIpc) is 2.85. The summed E-state index contributed by atoms with van der Waals surface area (Å²) in [6.45, 7) is 2.04. The highest BCUT2D eigenvalue weighted by molar-refractivity contribution is 6.31. The maximum atomic E-state index is 13.5. The minimum absolute atomic E-state index is 0.0164. The van der Waals surface area contributed by atoms with E-state index in [1.165, 1.54) is 4.90 Å². The number of urea groups is 1. The minimum atomic E-state index is -0.371. The van der Waals surface area contributed by atoms with Gasteiger partial charge < -0.3 is 15.5 Å². The third-order valence-electron chi connectivity index (χ3n) is 5.40. The van der Waals surface area contributed by atoms with Gasteiger partial charge in [0.15, 0.2) is 0 Å². The van der Waals surface area contributed by atoms with E-state index in [4.69, 9.17) is 11.6 Å². The number of benzene rings is 3. The fraction of sp³-hybridized carbons (Fsp3) is 0.148. The Morgan fingerprint density at radius 3 is 2.40 bits per heavy atom. The van der Waals surface area contributed by atoms with Gasteiger partial charge in [-0.05, 0) is 48.9 Å². The average molecular weight is 487 g/mol. The molecule has 1 atom stereocenters. The molecule has 1 heterocycles. The molecule has 0 unspecified atom stereocenters. The molecule has 0 saturated carbocycles. The van der Waals surface area contributed by atoms with Crippen LogP contribution < -0.4 is 20.4 Å². The molecule has 178 valence electrons. The molecule has 0 saturated heterocycles. The molecule has 4 rings (SSSR count). The molecule has 4 aromatic rings. The molecular formula is C27H27ClN6O. The lowest BCUT2D eigenvalue weighted by Gasteiger charge is -2.24. The van der Waals surface area contributed by atoms with Gasteiger partial charge in [-0.2, -0.15) is 4.98 Å². The van der Waals surface area contributed by atoms with Crippen LogP contribution in [0.3, 0.4) is 0 Å². The zero-order valence-corrected chi connectivity index (χ0v) is 20.6. The minimum Gasteiger partial charge on any atom is -0.378 e. The molecule has 0 fully saturated rings. The van der Waals surface area contributed by atoms with Crippen LogP contribution >= 0.6 is 11.6 Å². The lowest BCUT2D eigenvalue weighted by atomic mass is 10.1. The van der Waals surface area contributed by atoms with Gasteiger partial charge in [-0.15, -0.1) is 0 Å². The first kappa shape index (κ1) is 24.0. The highest BCUT2D eigenvalue weighted by Crippen LogP contribution is 2.29. The Morgan fingerprint density at radius 2 is 1.66 bits per heavy atom. The Bertz CT molecular complexity index is 1300. The van der Waals surface area contributed by atoms with Gasteiger partial charge in [-0.3, -0.25) is 0 Å². The molecule has 0 radical (unpaired) electrons. The summed E-state index contributed by atoms with van der Waals surface area (Å²) >= 11 is 6.12. The van der Waals surface area contributed by atoms with E-state index in [2.05, 4.69) is 20.6 Å². The van der Waals surface area contributed by atoms with E-state index in [9.17, 15) is 4.79 Å². The van der Waals surface area contributed by atoms with Crippen LogP contribution in [0, 0.1) is 0 Å². The lowest BCUT2D eigenvalue weighted by Crippen LogP contribution is -2.32. The van der Waals surface area contributed by atoms with Crippen molar-refractivity contribution in [1.82, 2.24) is 9.97 Å². The van der Waals surface area contributed by atoms with Crippen LogP contribution in [-0.2, 0) is 0 Å². The molecule has 35 heavy (non-hydrogen) atoms. The first-order valence-corrected chi connectivity index (χ1v) is 11.6. The third-order valence-corrected chi connectivity index (χ3v) is 5.63. The predicted molar refractivity (Wildman–Crippen MR) is 144 cm³/mol. The van der Waals surface area contributed by atoms with E-state index in [1.807, 2.05) is 80.5 Å². The van der Waals surface area contributed by atoms with E-state index in [0.29, 0.717) is 28.2 Å². The highest BCUT2D eigenvalue weighted by Gasteiger charge is 2.21. The molecule has 0 aliphatic heterocycles. The first-order chi connectivity index (χ1) is 16.9. The summed E-state index contributed by atoms with van der Waals surface area (Å²) in [7, 11) is 3.90. The Kier molecular flexibility index (Phi) is 7.48. The molecule has 0 aliphatic carbocycles. The standard InChI is InChI=1S/C27H27ClN6O/c1-19(20-9-5-4-6-10-20)30-26-29-16-15-25(32-26)34(24-14-8-13-23(18-24)33(2)3)27(35)31-22-12-7-11-21(28)17-22/h4-19H,1-3H3,(H,31,35)(H,29,30,32)/t19-/m0/s1. The number of hydrogen-bond acceptors (Lipinski definition) is 5. The SMILES string of the molecule is C[C@H](Nc1nccc(N(C(=O)Nc2cccc(Cl)c2)c2cccc(N(C)C)c2)n1)c1ccccc1. The van der Waals surface area contributed by atoms with Crippen LogP contribution in [0.15, 0.2) is 91.1 Å². The maximum Gasteiger partial charge on any atom is 0.332 e. The van der Waals surface area contributed by atoms with Crippen molar-refractivity contribution in [3.8, 4) is 0 Å².